The van der Waals surface area contributed by atoms with Crippen molar-refractivity contribution in [3.8, 4) is 0 Å². The molecule has 4 heterocycles. The molecule has 1 aliphatic carbocycles. The average molecular weight is 387 g/mol. The second kappa shape index (κ2) is 6.29. The van der Waals surface area contributed by atoms with Crippen LogP contribution in [-0.2, 0) is 4.79 Å². The van der Waals surface area contributed by atoms with Gasteiger partial charge in [0.1, 0.15) is 0 Å². The number of piperidine rings is 2. The van der Waals surface area contributed by atoms with E-state index in [4.69, 9.17) is 0 Å². The summed E-state index contributed by atoms with van der Waals surface area (Å²) in [5.74, 6) is -0.197. The maximum absolute atomic E-state index is 13.2. The minimum Gasteiger partial charge on any atom is -0.361 e. The second-order valence-corrected chi connectivity index (χ2v) is 8.51. The van der Waals surface area contributed by atoms with Crippen LogP contribution >= 0.6 is 0 Å². The molecular weight excluding hydrogens is 364 g/mol. The van der Waals surface area contributed by atoms with E-state index in [0.29, 0.717) is 31.5 Å². The molecule has 2 aromatic rings. The van der Waals surface area contributed by atoms with Gasteiger partial charge in [-0.1, -0.05) is 6.07 Å². The maximum Gasteiger partial charge on any atom is 0.254 e. The predicted octanol–water partition coefficient (Wildman–Crippen LogP) is 3.42. The molecule has 2 bridgehead atoms. The van der Waals surface area contributed by atoms with Crippen molar-refractivity contribution in [2.24, 2.45) is 5.41 Å². The third-order valence-corrected chi connectivity index (χ3v) is 6.77. The summed E-state index contributed by atoms with van der Waals surface area (Å²) in [7, 11) is 0. The van der Waals surface area contributed by atoms with Gasteiger partial charge in [-0.15, -0.1) is 0 Å². The van der Waals surface area contributed by atoms with Gasteiger partial charge in [0.05, 0.1) is 0 Å². The van der Waals surface area contributed by atoms with E-state index in [2.05, 4.69) is 4.98 Å². The summed E-state index contributed by atoms with van der Waals surface area (Å²) in [5, 5.41) is 1.06. The summed E-state index contributed by atoms with van der Waals surface area (Å²) < 4.78 is 26.4. The fraction of sp³-hybridized carbons (Fsp3) is 0.524. The molecule has 28 heavy (non-hydrogen) atoms. The Hall–Kier alpha value is -2.44. The number of carbonyl (C=O) groups is 2. The first-order valence-corrected chi connectivity index (χ1v) is 9.93. The molecule has 4 fully saturated rings. The van der Waals surface area contributed by atoms with Crippen LogP contribution in [0.3, 0.4) is 0 Å². The Kier molecular flexibility index (Phi) is 3.96. The molecule has 3 aliphatic heterocycles. The van der Waals surface area contributed by atoms with E-state index in [0.717, 1.165) is 23.7 Å². The highest BCUT2D eigenvalue weighted by molar-refractivity contribution is 5.98. The summed E-state index contributed by atoms with van der Waals surface area (Å²) in [6, 6.07) is 7.48. The predicted molar refractivity (Wildman–Crippen MR) is 100 cm³/mol. The van der Waals surface area contributed by atoms with Crippen LogP contribution < -0.4 is 0 Å². The number of aromatic nitrogens is 1. The number of carbonyl (C=O) groups excluding carboxylic acids is 2. The second-order valence-electron chi connectivity index (χ2n) is 8.51. The van der Waals surface area contributed by atoms with Gasteiger partial charge in [0.25, 0.3) is 5.91 Å². The number of nitrogens with zero attached hydrogens (tertiary/aromatic N) is 2. The van der Waals surface area contributed by atoms with Crippen molar-refractivity contribution >= 4 is 22.7 Å². The van der Waals surface area contributed by atoms with Gasteiger partial charge in [-0.25, -0.2) is 8.78 Å². The molecule has 1 aromatic heterocycles. The topological polar surface area (TPSA) is 56.4 Å². The molecule has 3 saturated heterocycles. The Morgan fingerprint density at radius 1 is 1.11 bits per heavy atom. The Morgan fingerprint density at radius 2 is 1.82 bits per heavy atom. The van der Waals surface area contributed by atoms with Crippen molar-refractivity contribution in [3.05, 3.63) is 36.0 Å². The summed E-state index contributed by atoms with van der Waals surface area (Å²) in [5.41, 5.74) is 0.468. The SMILES string of the molecule is O=C(CC1(C(F)F)CC1)N1CC2CCC1CN2C(=O)c1ccc2cc[nH]c2c1. The number of amides is 2. The van der Waals surface area contributed by atoms with Gasteiger partial charge in [-0.05, 0) is 49.3 Å². The molecule has 1 saturated carbocycles. The Morgan fingerprint density at radius 3 is 2.46 bits per heavy atom. The van der Waals surface area contributed by atoms with Gasteiger partial charge in [-0.2, -0.15) is 0 Å². The quantitative estimate of drug-likeness (QED) is 0.874. The zero-order chi connectivity index (χ0) is 19.5. The van der Waals surface area contributed by atoms with Crippen LogP contribution in [0, 0.1) is 5.41 Å². The van der Waals surface area contributed by atoms with Gasteiger partial charge < -0.3 is 14.8 Å². The van der Waals surface area contributed by atoms with E-state index in [1.807, 2.05) is 35.4 Å². The third-order valence-electron chi connectivity index (χ3n) is 6.77. The molecule has 0 radical (unpaired) electrons. The summed E-state index contributed by atoms with van der Waals surface area (Å²) in [4.78, 5) is 32.5. The number of benzene rings is 1. The lowest BCUT2D eigenvalue weighted by atomic mass is 9.89. The zero-order valence-electron chi connectivity index (χ0n) is 15.5. The minimum absolute atomic E-state index is 0.0236. The number of rotatable bonds is 4. The van der Waals surface area contributed by atoms with Crippen LogP contribution in [0.4, 0.5) is 8.78 Å². The van der Waals surface area contributed by atoms with Gasteiger partial charge in [0, 0.05) is 54.3 Å². The number of halogens is 2. The lowest BCUT2D eigenvalue weighted by molar-refractivity contribution is -0.143. The number of alkyl halides is 2. The third kappa shape index (κ3) is 2.79. The molecule has 148 valence electrons. The minimum atomic E-state index is -2.43. The molecule has 2 atom stereocenters. The van der Waals surface area contributed by atoms with E-state index in [-0.39, 0.29) is 30.3 Å². The molecule has 2 amide bonds. The smallest absolute Gasteiger partial charge is 0.254 e. The Bertz CT molecular complexity index is 937. The first-order chi connectivity index (χ1) is 13.5. The van der Waals surface area contributed by atoms with E-state index in [9.17, 15) is 18.4 Å². The highest BCUT2D eigenvalue weighted by atomic mass is 19.3. The van der Waals surface area contributed by atoms with E-state index >= 15 is 0 Å². The first kappa shape index (κ1) is 17.6. The molecule has 5 nitrogen and oxygen atoms in total. The largest absolute Gasteiger partial charge is 0.361 e. The molecule has 1 aromatic carbocycles. The molecule has 6 rings (SSSR count). The summed E-state index contributed by atoms with van der Waals surface area (Å²) >= 11 is 0. The normalized spacial score (nSPS) is 25.5. The monoisotopic (exact) mass is 387 g/mol. The van der Waals surface area contributed by atoms with Crippen LogP contribution in [-0.4, -0.2) is 58.2 Å². The average Bonchev–Trinajstić information content (AvgIpc) is 3.34. The lowest BCUT2D eigenvalue weighted by Crippen LogP contribution is -2.65. The molecule has 7 heteroatoms. The van der Waals surface area contributed by atoms with E-state index < -0.39 is 11.8 Å². The highest BCUT2D eigenvalue weighted by Crippen LogP contribution is 2.54. The van der Waals surface area contributed by atoms with Crippen molar-refractivity contribution in [2.45, 2.75) is 50.6 Å². The zero-order valence-corrected chi connectivity index (χ0v) is 15.5. The maximum atomic E-state index is 13.2. The van der Waals surface area contributed by atoms with Crippen molar-refractivity contribution in [3.63, 3.8) is 0 Å². The Labute approximate surface area is 161 Å². The number of nitrogens with one attached hydrogen (secondary N) is 1. The summed E-state index contributed by atoms with van der Waals surface area (Å²) in [6.07, 6.45) is 1.90. The molecular formula is C21H23F2N3O2. The number of fused-ring (bicyclic) bond motifs is 4. The standard InChI is InChI=1S/C21H23F2N3O2/c22-20(23)21(6-7-21)10-18(27)25-11-16-4-3-15(25)12-26(16)19(28)14-2-1-13-5-8-24-17(13)9-14/h1-2,5,8-9,15-16,20,24H,3-4,6-7,10-12H2. The first-order valence-electron chi connectivity index (χ1n) is 9.93. The van der Waals surface area contributed by atoms with Crippen LogP contribution in [0.15, 0.2) is 30.5 Å². The number of aromatic amines is 1. The van der Waals surface area contributed by atoms with Crippen molar-refractivity contribution in [2.75, 3.05) is 13.1 Å². The Balaban J connectivity index is 1.30. The van der Waals surface area contributed by atoms with Gasteiger partial charge in [0.2, 0.25) is 12.3 Å². The molecule has 2 unspecified atom stereocenters. The van der Waals surface area contributed by atoms with Crippen molar-refractivity contribution < 1.29 is 18.4 Å². The lowest BCUT2D eigenvalue weighted by Gasteiger charge is -2.51. The fourth-order valence-electron chi connectivity index (χ4n) is 4.76. The number of hydrogen-bond donors (Lipinski definition) is 1. The van der Waals surface area contributed by atoms with Crippen LogP contribution in [0.1, 0.15) is 42.5 Å². The van der Waals surface area contributed by atoms with E-state index in [1.54, 1.807) is 4.90 Å². The number of piperazine rings is 1. The van der Waals surface area contributed by atoms with Gasteiger partial charge in [0.15, 0.2) is 0 Å². The molecule has 4 aliphatic rings. The van der Waals surface area contributed by atoms with Crippen LogP contribution in [0.5, 0.6) is 0 Å². The highest BCUT2D eigenvalue weighted by Gasteiger charge is 2.54. The molecule has 1 N–H and O–H groups in total. The van der Waals surface area contributed by atoms with Gasteiger partial charge >= 0.3 is 0 Å². The fourth-order valence-corrected chi connectivity index (χ4v) is 4.76. The van der Waals surface area contributed by atoms with Crippen molar-refractivity contribution in [1.82, 2.24) is 14.8 Å². The summed E-state index contributed by atoms with van der Waals surface area (Å²) in [6.45, 7) is 0.943. The van der Waals surface area contributed by atoms with E-state index in [1.165, 1.54) is 0 Å². The van der Waals surface area contributed by atoms with Crippen LogP contribution in [0.2, 0.25) is 0 Å². The van der Waals surface area contributed by atoms with Crippen LogP contribution in [0.25, 0.3) is 10.9 Å². The molecule has 0 spiro atoms. The van der Waals surface area contributed by atoms with Gasteiger partial charge in [-0.3, -0.25) is 9.59 Å². The number of H-pyrrole nitrogens is 1. The van der Waals surface area contributed by atoms with Crippen molar-refractivity contribution in [1.29, 1.82) is 0 Å². The number of hydrogen-bond acceptors (Lipinski definition) is 2.